The molecule has 3 aromatic rings. The number of aromatic amines is 1. The van der Waals surface area contributed by atoms with Crippen LogP contribution in [0.15, 0.2) is 34.0 Å². The Balaban J connectivity index is 1.51. The molecule has 0 spiro atoms. The van der Waals surface area contributed by atoms with Crippen LogP contribution in [0.25, 0.3) is 11.1 Å². The second-order valence-electron chi connectivity index (χ2n) is 5.87. The van der Waals surface area contributed by atoms with Gasteiger partial charge in [0.1, 0.15) is 17.5 Å². The third-order valence-electron chi connectivity index (χ3n) is 4.32. The SMILES string of the molecule is Cc1noc2ncnc(N3CCN(C(=O)c4ccc(=O)[nH]c4)CC3)c12. The molecular formula is C16H16N6O3. The summed E-state index contributed by atoms with van der Waals surface area (Å²) in [6.07, 6.45) is 2.91. The lowest BCUT2D eigenvalue weighted by Crippen LogP contribution is -2.49. The third-order valence-corrected chi connectivity index (χ3v) is 4.32. The van der Waals surface area contributed by atoms with Crippen LogP contribution in [0.2, 0.25) is 0 Å². The fourth-order valence-corrected chi connectivity index (χ4v) is 2.99. The van der Waals surface area contributed by atoms with Crippen molar-refractivity contribution in [2.24, 2.45) is 0 Å². The van der Waals surface area contributed by atoms with Crippen LogP contribution in [0, 0.1) is 6.92 Å². The van der Waals surface area contributed by atoms with E-state index in [0.29, 0.717) is 37.5 Å². The zero-order valence-corrected chi connectivity index (χ0v) is 13.6. The van der Waals surface area contributed by atoms with Gasteiger partial charge in [-0.1, -0.05) is 5.16 Å². The standard InChI is InChI=1S/C16H16N6O3/c1-10-13-14(18-9-19-15(13)25-20-10)21-4-6-22(7-5-21)16(24)11-2-3-12(23)17-8-11/h2-3,8-9H,4-7H2,1H3,(H,17,23). The number of carbonyl (C=O) groups excluding carboxylic acids is 1. The average molecular weight is 340 g/mol. The third kappa shape index (κ3) is 2.73. The highest BCUT2D eigenvalue weighted by atomic mass is 16.5. The number of aryl methyl sites for hydroxylation is 1. The van der Waals surface area contributed by atoms with Crippen LogP contribution in [0.1, 0.15) is 16.1 Å². The molecular weight excluding hydrogens is 324 g/mol. The van der Waals surface area contributed by atoms with E-state index >= 15 is 0 Å². The van der Waals surface area contributed by atoms with Gasteiger partial charge in [0.2, 0.25) is 5.56 Å². The van der Waals surface area contributed by atoms with E-state index in [-0.39, 0.29) is 11.5 Å². The summed E-state index contributed by atoms with van der Waals surface area (Å²) in [6.45, 7) is 4.27. The predicted octanol–water partition coefficient (Wildman–Crippen LogP) is 0.577. The van der Waals surface area contributed by atoms with E-state index in [9.17, 15) is 9.59 Å². The normalized spacial score (nSPS) is 14.9. The van der Waals surface area contributed by atoms with Crippen LogP contribution < -0.4 is 10.5 Å². The quantitative estimate of drug-likeness (QED) is 0.727. The first-order valence-corrected chi connectivity index (χ1v) is 7.93. The van der Waals surface area contributed by atoms with E-state index in [1.807, 2.05) is 6.92 Å². The van der Waals surface area contributed by atoms with Gasteiger partial charge in [-0.2, -0.15) is 4.98 Å². The Labute approximate surface area is 142 Å². The van der Waals surface area contributed by atoms with Crippen molar-refractivity contribution in [3.05, 3.63) is 46.3 Å². The van der Waals surface area contributed by atoms with Crippen molar-refractivity contribution >= 4 is 22.8 Å². The number of nitrogens with one attached hydrogen (secondary N) is 1. The second-order valence-corrected chi connectivity index (χ2v) is 5.87. The van der Waals surface area contributed by atoms with Crippen molar-refractivity contribution in [1.82, 2.24) is 25.0 Å². The molecule has 9 heteroatoms. The van der Waals surface area contributed by atoms with Crippen molar-refractivity contribution in [1.29, 1.82) is 0 Å². The lowest BCUT2D eigenvalue weighted by molar-refractivity contribution is 0.0746. The van der Waals surface area contributed by atoms with E-state index in [1.165, 1.54) is 18.6 Å². The number of anilines is 1. The first-order valence-electron chi connectivity index (χ1n) is 7.93. The molecule has 1 aliphatic heterocycles. The summed E-state index contributed by atoms with van der Waals surface area (Å²) < 4.78 is 5.19. The summed E-state index contributed by atoms with van der Waals surface area (Å²) in [4.78, 5) is 38.5. The van der Waals surface area contributed by atoms with Crippen LogP contribution in [0.3, 0.4) is 0 Å². The number of nitrogens with zero attached hydrogens (tertiary/aromatic N) is 5. The molecule has 0 bridgehead atoms. The average Bonchev–Trinajstić information content (AvgIpc) is 3.03. The van der Waals surface area contributed by atoms with Crippen LogP contribution >= 0.6 is 0 Å². The van der Waals surface area contributed by atoms with Gasteiger partial charge >= 0.3 is 0 Å². The van der Waals surface area contributed by atoms with Crippen LogP contribution in [-0.2, 0) is 0 Å². The molecule has 3 aromatic heterocycles. The monoisotopic (exact) mass is 340 g/mol. The maximum absolute atomic E-state index is 12.5. The summed E-state index contributed by atoms with van der Waals surface area (Å²) in [5, 5.41) is 4.75. The highest BCUT2D eigenvalue weighted by molar-refractivity contribution is 5.94. The highest BCUT2D eigenvalue weighted by Gasteiger charge is 2.25. The number of H-pyrrole nitrogens is 1. The Morgan fingerprint density at radius 1 is 1.20 bits per heavy atom. The second kappa shape index (κ2) is 6.00. The van der Waals surface area contributed by atoms with Gasteiger partial charge in [-0.25, -0.2) is 4.98 Å². The summed E-state index contributed by atoms with van der Waals surface area (Å²) >= 11 is 0. The van der Waals surface area contributed by atoms with Gasteiger partial charge in [-0.15, -0.1) is 0 Å². The van der Waals surface area contributed by atoms with Crippen LogP contribution in [0.4, 0.5) is 5.82 Å². The van der Waals surface area contributed by atoms with Crippen LogP contribution in [-0.4, -0.2) is 57.1 Å². The van der Waals surface area contributed by atoms with Crippen molar-refractivity contribution in [2.75, 3.05) is 31.1 Å². The Bertz CT molecular complexity index is 966. The fourth-order valence-electron chi connectivity index (χ4n) is 2.99. The molecule has 1 fully saturated rings. The first-order chi connectivity index (χ1) is 12.1. The largest absolute Gasteiger partial charge is 0.352 e. The minimum absolute atomic E-state index is 0.0927. The number of piperazine rings is 1. The topological polar surface area (TPSA) is 108 Å². The molecule has 0 radical (unpaired) electrons. The van der Waals surface area contributed by atoms with E-state index in [0.717, 1.165) is 16.9 Å². The van der Waals surface area contributed by atoms with Crippen molar-refractivity contribution in [2.45, 2.75) is 6.92 Å². The molecule has 1 N–H and O–H groups in total. The number of rotatable bonds is 2. The molecule has 4 rings (SSSR count). The molecule has 0 aliphatic carbocycles. The fraction of sp³-hybridized carbons (Fsp3) is 0.312. The van der Waals surface area contributed by atoms with Gasteiger partial charge in [0.25, 0.3) is 11.6 Å². The molecule has 0 aromatic carbocycles. The number of amides is 1. The Hall–Kier alpha value is -3.23. The molecule has 1 amide bonds. The van der Waals surface area contributed by atoms with Crippen LogP contribution in [0.5, 0.6) is 0 Å². The van der Waals surface area contributed by atoms with Crippen molar-refractivity contribution < 1.29 is 9.32 Å². The number of aromatic nitrogens is 4. The van der Waals surface area contributed by atoms with Gasteiger partial charge in [0, 0.05) is 38.4 Å². The molecule has 0 saturated carbocycles. The minimum atomic E-state index is -0.224. The molecule has 25 heavy (non-hydrogen) atoms. The maximum atomic E-state index is 12.5. The number of fused-ring (bicyclic) bond motifs is 1. The van der Waals surface area contributed by atoms with Gasteiger partial charge in [0.15, 0.2) is 0 Å². The molecule has 128 valence electrons. The molecule has 1 saturated heterocycles. The maximum Gasteiger partial charge on any atom is 0.263 e. The number of carbonyl (C=O) groups is 1. The summed E-state index contributed by atoms with van der Waals surface area (Å²) in [5.41, 5.74) is 1.47. The smallest absolute Gasteiger partial charge is 0.263 e. The lowest BCUT2D eigenvalue weighted by Gasteiger charge is -2.35. The molecule has 0 unspecified atom stereocenters. The lowest BCUT2D eigenvalue weighted by atomic mass is 10.2. The number of hydrogen-bond acceptors (Lipinski definition) is 7. The number of hydrogen-bond donors (Lipinski definition) is 1. The molecule has 9 nitrogen and oxygen atoms in total. The first kappa shape index (κ1) is 15.3. The molecule has 1 aliphatic rings. The zero-order chi connectivity index (χ0) is 17.4. The van der Waals surface area contributed by atoms with Crippen molar-refractivity contribution in [3.63, 3.8) is 0 Å². The number of pyridine rings is 1. The zero-order valence-electron chi connectivity index (χ0n) is 13.6. The summed E-state index contributed by atoms with van der Waals surface area (Å²) in [5.74, 6) is 0.685. The molecule has 4 heterocycles. The Morgan fingerprint density at radius 3 is 2.72 bits per heavy atom. The Morgan fingerprint density at radius 2 is 2.00 bits per heavy atom. The van der Waals surface area contributed by atoms with Gasteiger partial charge in [-0.3, -0.25) is 9.59 Å². The summed E-state index contributed by atoms with van der Waals surface area (Å²) in [6, 6.07) is 2.90. The predicted molar refractivity (Wildman–Crippen MR) is 89.5 cm³/mol. The Kier molecular flexibility index (Phi) is 3.68. The van der Waals surface area contributed by atoms with E-state index < -0.39 is 0 Å². The van der Waals surface area contributed by atoms with Gasteiger partial charge < -0.3 is 19.3 Å². The minimum Gasteiger partial charge on any atom is -0.352 e. The van der Waals surface area contributed by atoms with Gasteiger partial charge in [0.05, 0.1) is 11.3 Å². The van der Waals surface area contributed by atoms with E-state index in [2.05, 4.69) is 25.0 Å². The van der Waals surface area contributed by atoms with Crippen molar-refractivity contribution in [3.8, 4) is 0 Å². The highest BCUT2D eigenvalue weighted by Crippen LogP contribution is 2.26. The summed E-state index contributed by atoms with van der Waals surface area (Å²) in [7, 11) is 0. The van der Waals surface area contributed by atoms with Gasteiger partial charge in [-0.05, 0) is 13.0 Å². The molecule has 0 atom stereocenters. The van der Waals surface area contributed by atoms with E-state index in [4.69, 9.17) is 4.52 Å². The van der Waals surface area contributed by atoms with E-state index in [1.54, 1.807) is 11.0 Å².